The van der Waals surface area contributed by atoms with Gasteiger partial charge in [0.25, 0.3) is 11.8 Å². The molecule has 3 aromatic rings. The van der Waals surface area contributed by atoms with Crippen molar-refractivity contribution in [3.63, 3.8) is 0 Å². The predicted molar refractivity (Wildman–Crippen MR) is 115 cm³/mol. The molecule has 2 aromatic heterocycles. The minimum atomic E-state index is -2.91. The highest BCUT2D eigenvalue weighted by Gasteiger charge is 2.46. The van der Waals surface area contributed by atoms with Gasteiger partial charge in [-0.25, -0.2) is 0 Å². The quantitative estimate of drug-likeness (QED) is 0.531. The molecule has 1 aliphatic heterocycles. The van der Waals surface area contributed by atoms with Crippen molar-refractivity contribution in [2.75, 3.05) is 13.2 Å². The maximum Gasteiger partial charge on any atom is 0.345 e. The van der Waals surface area contributed by atoms with Crippen LogP contribution >= 0.6 is 23.2 Å². The number of nitrogens with zero attached hydrogens (tertiary/aromatic N) is 2. The summed E-state index contributed by atoms with van der Waals surface area (Å²) in [4.78, 5) is 30.6. The van der Waals surface area contributed by atoms with Crippen LogP contribution in [-0.4, -0.2) is 52.2 Å². The van der Waals surface area contributed by atoms with E-state index in [-0.39, 0.29) is 24.8 Å². The first-order valence-corrected chi connectivity index (χ1v) is 11.0. The van der Waals surface area contributed by atoms with Gasteiger partial charge in [0.05, 0.1) is 23.7 Å². The van der Waals surface area contributed by atoms with Crippen molar-refractivity contribution >= 4 is 45.9 Å². The van der Waals surface area contributed by atoms with E-state index in [4.69, 9.17) is 27.7 Å². The van der Waals surface area contributed by atoms with E-state index in [1.807, 2.05) is 0 Å². The normalized spacial score (nSPS) is 16.8. The average Bonchev–Trinajstić information content (AvgIpc) is 3.19. The van der Waals surface area contributed by atoms with Crippen molar-refractivity contribution in [3.05, 3.63) is 51.0 Å². The first kappa shape index (κ1) is 22.1. The number of aromatic amines is 1. The molecule has 174 valence electrons. The van der Waals surface area contributed by atoms with Crippen molar-refractivity contribution in [2.45, 2.75) is 38.0 Å². The highest BCUT2D eigenvalue weighted by molar-refractivity contribution is 6.38. The molecule has 3 heterocycles. The van der Waals surface area contributed by atoms with Gasteiger partial charge < -0.3 is 24.5 Å². The first-order valence-electron chi connectivity index (χ1n) is 10.2. The van der Waals surface area contributed by atoms with E-state index in [1.54, 1.807) is 23.1 Å². The van der Waals surface area contributed by atoms with Crippen LogP contribution < -0.4 is 5.32 Å². The molecule has 0 spiro atoms. The molecule has 0 radical (unpaired) electrons. The van der Waals surface area contributed by atoms with Crippen LogP contribution in [0.25, 0.3) is 10.9 Å². The summed E-state index contributed by atoms with van der Waals surface area (Å²) in [6, 6.07) is 4.94. The van der Waals surface area contributed by atoms with Crippen LogP contribution in [0.1, 0.15) is 45.1 Å². The third-order valence-corrected chi connectivity index (χ3v) is 6.46. The van der Waals surface area contributed by atoms with Crippen molar-refractivity contribution in [2.24, 2.45) is 0 Å². The number of ether oxygens (including phenoxy) is 1. The van der Waals surface area contributed by atoms with Gasteiger partial charge in [0, 0.05) is 34.5 Å². The summed E-state index contributed by atoms with van der Waals surface area (Å²) in [6.45, 7) is -2.70. The Morgan fingerprint density at radius 1 is 1.30 bits per heavy atom. The maximum atomic E-state index is 13.1. The second kappa shape index (κ2) is 8.27. The average molecular weight is 499 g/mol. The summed E-state index contributed by atoms with van der Waals surface area (Å²) in [5.41, 5.74) is 0.682. The lowest BCUT2D eigenvalue weighted by Crippen LogP contribution is -2.42. The smallest absolute Gasteiger partial charge is 0.345 e. The maximum absolute atomic E-state index is 13.1. The van der Waals surface area contributed by atoms with Gasteiger partial charge in [-0.3, -0.25) is 9.59 Å². The molecule has 33 heavy (non-hydrogen) atoms. The van der Waals surface area contributed by atoms with Crippen LogP contribution in [0.5, 0.6) is 0 Å². The number of hydrogen-bond acceptors (Lipinski definition) is 5. The number of hydrogen-bond donors (Lipinski definition) is 2. The molecule has 2 amide bonds. The molecule has 0 saturated heterocycles. The number of alkyl halides is 2. The van der Waals surface area contributed by atoms with E-state index in [0.717, 1.165) is 0 Å². The van der Waals surface area contributed by atoms with Gasteiger partial charge in [0.2, 0.25) is 0 Å². The van der Waals surface area contributed by atoms with E-state index in [9.17, 15) is 18.4 Å². The highest BCUT2D eigenvalue weighted by atomic mass is 35.5. The lowest BCUT2D eigenvalue weighted by Gasteiger charge is -2.26. The fourth-order valence-electron chi connectivity index (χ4n) is 3.99. The second-order valence-electron chi connectivity index (χ2n) is 8.25. The van der Waals surface area contributed by atoms with Gasteiger partial charge in [0.1, 0.15) is 11.5 Å². The fourth-order valence-corrected chi connectivity index (χ4v) is 4.53. The Morgan fingerprint density at radius 2 is 2.09 bits per heavy atom. The van der Waals surface area contributed by atoms with Gasteiger partial charge in [-0.2, -0.15) is 8.78 Å². The first-order chi connectivity index (χ1) is 15.7. The molecule has 8 nitrogen and oxygen atoms in total. The summed E-state index contributed by atoms with van der Waals surface area (Å²) in [5.74, 6) is -0.304. The number of benzene rings is 1. The zero-order chi connectivity index (χ0) is 23.3. The molecular weight excluding hydrogens is 481 g/mol. The van der Waals surface area contributed by atoms with Crippen LogP contribution in [0.4, 0.5) is 8.78 Å². The third kappa shape index (κ3) is 4.30. The van der Waals surface area contributed by atoms with Crippen LogP contribution in [0.3, 0.4) is 0 Å². The molecular formula is C21H18Cl2F2N4O4. The lowest BCUT2D eigenvalue weighted by atomic mass is 10.0. The highest BCUT2D eigenvalue weighted by Crippen LogP contribution is 2.37. The molecule has 0 atom stereocenters. The van der Waals surface area contributed by atoms with Gasteiger partial charge in [-0.05, 0) is 31.0 Å². The molecule has 12 heteroatoms. The monoisotopic (exact) mass is 498 g/mol. The Balaban J connectivity index is 1.33. The number of aromatic nitrogens is 2. The summed E-state index contributed by atoms with van der Waals surface area (Å²) < 4.78 is 34.4. The Hall–Kier alpha value is -2.69. The Morgan fingerprint density at radius 3 is 2.82 bits per heavy atom. The molecule has 1 saturated carbocycles. The standard InChI is InChI=1S/C21H18Cl2F2N4O4/c22-10-5-13(23)11-7-15(26-14(11)6-10)19(31)29-4-1-16-12(8-29)17(28-33-16)18(30)27-21(2-3-21)9-32-20(24)25/h5-7,20,26H,1-4,8-9H2,(H,27,30). The Bertz CT molecular complexity index is 1250. The van der Waals surface area contributed by atoms with Gasteiger partial charge in [0.15, 0.2) is 5.69 Å². The van der Waals surface area contributed by atoms with E-state index in [1.165, 1.54) is 0 Å². The van der Waals surface area contributed by atoms with Crippen molar-refractivity contribution in [1.29, 1.82) is 0 Å². The summed E-state index contributed by atoms with van der Waals surface area (Å²) in [5, 5.41) is 8.15. The topological polar surface area (TPSA) is 100 Å². The number of rotatable bonds is 6. The van der Waals surface area contributed by atoms with E-state index in [2.05, 4.69) is 20.2 Å². The Labute approximate surface area is 196 Å². The molecule has 1 fully saturated rings. The van der Waals surface area contributed by atoms with E-state index < -0.39 is 18.1 Å². The zero-order valence-corrected chi connectivity index (χ0v) is 18.6. The lowest BCUT2D eigenvalue weighted by molar-refractivity contribution is -0.135. The summed E-state index contributed by atoms with van der Waals surface area (Å²) in [7, 11) is 0. The minimum Gasteiger partial charge on any atom is -0.360 e. The number of nitrogens with one attached hydrogen (secondary N) is 2. The van der Waals surface area contributed by atoms with Crippen LogP contribution in [0, 0.1) is 0 Å². The van der Waals surface area contributed by atoms with Gasteiger partial charge in [-0.1, -0.05) is 28.4 Å². The van der Waals surface area contributed by atoms with Crippen LogP contribution in [0.2, 0.25) is 10.0 Å². The number of H-pyrrole nitrogens is 1. The van der Waals surface area contributed by atoms with Crippen molar-refractivity contribution in [1.82, 2.24) is 20.4 Å². The number of carbonyl (C=O) groups is 2. The summed E-state index contributed by atoms with van der Waals surface area (Å²) in [6.07, 6.45) is 1.44. The number of carbonyl (C=O) groups excluding carboxylic acids is 2. The largest absolute Gasteiger partial charge is 0.360 e. The van der Waals surface area contributed by atoms with E-state index in [0.29, 0.717) is 63.8 Å². The molecule has 0 bridgehead atoms. The number of amides is 2. The molecule has 1 aromatic carbocycles. The minimum absolute atomic E-state index is 0.0392. The number of fused-ring (bicyclic) bond motifs is 2. The molecule has 2 N–H and O–H groups in total. The molecule has 2 aliphatic rings. The van der Waals surface area contributed by atoms with Crippen LogP contribution in [0.15, 0.2) is 22.7 Å². The Kier molecular flexibility index (Phi) is 5.54. The summed E-state index contributed by atoms with van der Waals surface area (Å²) >= 11 is 12.3. The van der Waals surface area contributed by atoms with Gasteiger partial charge >= 0.3 is 6.61 Å². The van der Waals surface area contributed by atoms with Gasteiger partial charge in [-0.15, -0.1) is 0 Å². The number of halogens is 4. The third-order valence-electron chi connectivity index (χ3n) is 5.93. The van der Waals surface area contributed by atoms with Crippen molar-refractivity contribution in [3.8, 4) is 0 Å². The predicted octanol–water partition coefficient (Wildman–Crippen LogP) is 4.16. The SMILES string of the molecule is O=C(NC1(COC(F)F)CC1)c1noc2c1CN(C(=O)c1cc3c(Cl)cc(Cl)cc3[nH]1)CC2. The van der Waals surface area contributed by atoms with E-state index >= 15 is 0 Å². The second-order valence-corrected chi connectivity index (χ2v) is 9.09. The molecule has 0 unspecified atom stereocenters. The van der Waals surface area contributed by atoms with Crippen LogP contribution in [-0.2, 0) is 17.7 Å². The zero-order valence-electron chi connectivity index (χ0n) is 17.1. The fraction of sp³-hybridized carbons (Fsp3) is 0.381. The molecule has 1 aliphatic carbocycles. The van der Waals surface area contributed by atoms with Crippen molar-refractivity contribution < 1.29 is 27.6 Å². The molecule has 5 rings (SSSR count).